The molecule has 0 radical (unpaired) electrons. The number of hydrogen-bond acceptors (Lipinski definition) is 2. The summed E-state index contributed by atoms with van der Waals surface area (Å²) < 4.78 is 0. The van der Waals surface area contributed by atoms with Crippen LogP contribution in [0.5, 0.6) is 0 Å². The van der Waals surface area contributed by atoms with E-state index in [1.807, 2.05) is 18.2 Å². The van der Waals surface area contributed by atoms with Crippen LogP contribution in [0.25, 0.3) is 0 Å². The molecule has 0 atom stereocenters. The van der Waals surface area contributed by atoms with Gasteiger partial charge in [0.05, 0.1) is 0 Å². The zero-order chi connectivity index (χ0) is 12.1. The van der Waals surface area contributed by atoms with Gasteiger partial charge in [0.15, 0.2) is 0 Å². The summed E-state index contributed by atoms with van der Waals surface area (Å²) in [7, 11) is 0. The minimum absolute atomic E-state index is 0.696. The molecule has 16 heavy (non-hydrogen) atoms. The summed E-state index contributed by atoms with van der Waals surface area (Å²) in [6.07, 6.45) is 0. The van der Waals surface area contributed by atoms with Crippen LogP contribution in [0.4, 0.5) is 11.4 Å². The first kappa shape index (κ1) is 12.9. The Morgan fingerprint density at radius 1 is 1.12 bits per heavy atom. The maximum atomic E-state index is 5.74. The van der Waals surface area contributed by atoms with Crippen molar-refractivity contribution in [3.05, 3.63) is 24.3 Å². The molecule has 0 aromatic heterocycles. The van der Waals surface area contributed by atoms with Gasteiger partial charge in [-0.15, -0.1) is 0 Å². The Balaban J connectivity index is 2.55. The van der Waals surface area contributed by atoms with Crippen molar-refractivity contribution in [1.82, 2.24) is 0 Å². The van der Waals surface area contributed by atoms with E-state index in [0.717, 1.165) is 17.9 Å². The van der Waals surface area contributed by atoms with E-state index < -0.39 is 0 Å². The number of rotatable bonds is 5. The van der Waals surface area contributed by atoms with Gasteiger partial charge in [0.1, 0.15) is 0 Å². The van der Waals surface area contributed by atoms with Crippen molar-refractivity contribution in [1.29, 1.82) is 0 Å². The zero-order valence-corrected chi connectivity index (χ0v) is 10.8. The van der Waals surface area contributed by atoms with Crippen LogP contribution in [-0.2, 0) is 0 Å². The molecule has 0 aliphatic heterocycles. The van der Waals surface area contributed by atoms with Crippen molar-refractivity contribution in [2.75, 3.05) is 17.6 Å². The molecule has 0 fully saturated rings. The van der Waals surface area contributed by atoms with Gasteiger partial charge in [0.25, 0.3) is 0 Å². The monoisotopic (exact) mass is 220 g/mol. The van der Waals surface area contributed by atoms with Crippen LogP contribution >= 0.6 is 0 Å². The first-order chi connectivity index (χ1) is 7.50. The predicted molar refractivity (Wildman–Crippen MR) is 72.5 cm³/mol. The van der Waals surface area contributed by atoms with Gasteiger partial charge in [-0.05, 0) is 36.0 Å². The highest BCUT2D eigenvalue weighted by molar-refractivity contribution is 5.54. The van der Waals surface area contributed by atoms with Gasteiger partial charge in [-0.1, -0.05) is 33.8 Å². The fourth-order valence-electron chi connectivity index (χ4n) is 2.13. The molecule has 2 heteroatoms. The molecule has 0 saturated heterocycles. The fourth-order valence-corrected chi connectivity index (χ4v) is 2.13. The zero-order valence-electron chi connectivity index (χ0n) is 10.8. The van der Waals surface area contributed by atoms with Crippen LogP contribution < -0.4 is 11.1 Å². The van der Waals surface area contributed by atoms with Crippen LogP contribution in [-0.4, -0.2) is 6.54 Å². The van der Waals surface area contributed by atoms with Gasteiger partial charge in [0, 0.05) is 17.9 Å². The third-order valence-corrected chi connectivity index (χ3v) is 3.14. The highest BCUT2D eigenvalue weighted by atomic mass is 14.9. The maximum Gasteiger partial charge on any atom is 0.0360 e. The van der Waals surface area contributed by atoms with Crippen LogP contribution in [0, 0.1) is 17.8 Å². The van der Waals surface area contributed by atoms with Crippen molar-refractivity contribution in [2.45, 2.75) is 27.7 Å². The van der Waals surface area contributed by atoms with Crippen molar-refractivity contribution in [2.24, 2.45) is 17.8 Å². The van der Waals surface area contributed by atoms with Crippen LogP contribution in [0.15, 0.2) is 24.3 Å². The fraction of sp³-hybridized carbons (Fsp3) is 0.571. The first-order valence-corrected chi connectivity index (χ1v) is 6.10. The van der Waals surface area contributed by atoms with Crippen LogP contribution in [0.2, 0.25) is 0 Å². The van der Waals surface area contributed by atoms with Gasteiger partial charge in [-0.2, -0.15) is 0 Å². The maximum absolute atomic E-state index is 5.74. The summed E-state index contributed by atoms with van der Waals surface area (Å²) in [5, 5.41) is 3.47. The standard InChI is InChI=1S/C14H24N2/c1-10(2)14(11(3)4)9-16-13-7-5-6-12(15)8-13/h5-8,10-11,14,16H,9,15H2,1-4H3. The van der Waals surface area contributed by atoms with E-state index in [9.17, 15) is 0 Å². The highest BCUT2D eigenvalue weighted by Crippen LogP contribution is 2.21. The Bertz CT molecular complexity index is 310. The molecule has 0 heterocycles. The second kappa shape index (κ2) is 5.78. The predicted octanol–water partition coefficient (Wildman–Crippen LogP) is 3.61. The molecule has 0 spiro atoms. The summed E-state index contributed by atoms with van der Waals surface area (Å²) in [5.74, 6) is 2.10. The highest BCUT2D eigenvalue weighted by Gasteiger charge is 2.16. The minimum Gasteiger partial charge on any atom is -0.399 e. The third kappa shape index (κ3) is 3.76. The molecule has 0 aliphatic rings. The molecule has 0 bridgehead atoms. The van der Waals surface area contributed by atoms with E-state index >= 15 is 0 Å². The summed E-state index contributed by atoms with van der Waals surface area (Å²) in [5.41, 5.74) is 7.68. The summed E-state index contributed by atoms with van der Waals surface area (Å²) in [6, 6.07) is 7.94. The molecule has 0 saturated carbocycles. The summed E-state index contributed by atoms with van der Waals surface area (Å²) in [4.78, 5) is 0. The van der Waals surface area contributed by atoms with E-state index in [-0.39, 0.29) is 0 Å². The van der Waals surface area contributed by atoms with Gasteiger partial charge in [0.2, 0.25) is 0 Å². The lowest BCUT2D eigenvalue weighted by Gasteiger charge is -2.25. The second-order valence-corrected chi connectivity index (χ2v) is 5.16. The number of hydrogen-bond donors (Lipinski definition) is 2. The second-order valence-electron chi connectivity index (χ2n) is 5.16. The van der Waals surface area contributed by atoms with Gasteiger partial charge >= 0.3 is 0 Å². The number of anilines is 2. The van der Waals surface area contributed by atoms with E-state index in [1.165, 1.54) is 0 Å². The summed E-state index contributed by atoms with van der Waals surface area (Å²) >= 11 is 0. The molecule has 0 aliphatic carbocycles. The Morgan fingerprint density at radius 2 is 1.75 bits per heavy atom. The third-order valence-electron chi connectivity index (χ3n) is 3.14. The SMILES string of the molecule is CC(C)C(CNc1cccc(N)c1)C(C)C. The minimum atomic E-state index is 0.696. The van der Waals surface area contributed by atoms with Crippen molar-refractivity contribution in [3.8, 4) is 0 Å². The molecule has 3 N–H and O–H groups in total. The van der Waals surface area contributed by atoms with E-state index in [0.29, 0.717) is 17.8 Å². The van der Waals surface area contributed by atoms with Gasteiger partial charge in [-0.25, -0.2) is 0 Å². The largest absolute Gasteiger partial charge is 0.399 e. The Morgan fingerprint density at radius 3 is 2.25 bits per heavy atom. The Kier molecular flexibility index (Phi) is 4.66. The van der Waals surface area contributed by atoms with Crippen molar-refractivity contribution in [3.63, 3.8) is 0 Å². The lowest BCUT2D eigenvalue weighted by atomic mass is 9.85. The lowest BCUT2D eigenvalue weighted by molar-refractivity contribution is 0.304. The van der Waals surface area contributed by atoms with Crippen LogP contribution in [0.1, 0.15) is 27.7 Å². The molecule has 0 amide bonds. The summed E-state index contributed by atoms with van der Waals surface area (Å²) in [6.45, 7) is 10.1. The number of benzene rings is 1. The molecule has 2 nitrogen and oxygen atoms in total. The van der Waals surface area contributed by atoms with Crippen molar-refractivity contribution < 1.29 is 0 Å². The lowest BCUT2D eigenvalue weighted by Crippen LogP contribution is -2.24. The molecule has 90 valence electrons. The topological polar surface area (TPSA) is 38.0 Å². The molecular weight excluding hydrogens is 196 g/mol. The molecule has 1 aromatic carbocycles. The molecule has 1 rings (SSSR count). The molecule has 0 unspecified atom stereocenters. The Hall–Kier alpha value is -1.18. The van der Waals surface area contributed by atoms with E-state index in [4.69, 9.17) is 5.73 Å². The van der Waals surface area contributed by atoms with Gasteiger partial charge < -0.3 is 11.1 Å². The Labute approximate surface area is 99.2 Å². The number of nitrogens with two attached hydrogens (primary N) is 1. The quantitative estimate of drug-likeness (QED) is 0.744. The van der Waals surface area contributed by atoms with Gasteiger partial charge in [-0.3, -0.25) is 0 Å². The number of nitrogens with one attached hydrogen (secondary N) is 1. The molecule has 1 aromatic rings. The smallest absolute Gasteiger partial charge is 0.0360 e. The average Bonchev–Trinajstić information content (AvgIpc) is 2.16. The first-order valence-electron chi connectivity index (χ1n) is 6.10. The van der Waals surface area contributed by atoms with E-state index in [1.54, 1.807) is 0 Å². The number of nitrogen functional groups attached to an aromatic ring is 1. The average molecular weight is 220 g/mol. The molecular formula is C14H24N2. The van der Waals surface area contributed by atoms with E-state index in [2.05, 4.69) is 39.1 Å². The van der Waals surface area contributed by atoms with Crippen molar-refractivity contribution >= 4 is 11.4 Å². The normalized spacial score (nSPS) is 11.4. The van der Waals surface area contributed by atoms with Crippen LogP contribution in [0.3, 0.4) is 0 Å².